The first-order valence-electron chi connectivity index (χ1n) is 12.0. The van der Waals surface area contributed by atoms with E-state index < -0.39 is 6.03 Å². The highest BCUT2D eigenvalue weighted by atomic mass is 16.5. The number of amides is 4. The summed E-state index contributed by atoms with van der Waals surface area (Å²) < 4.78 is 17.1. The standard InChI is InChI=1S/C26H32N4O6/c1-30-21-10-9-19(15-24(31)27-12-13-34-2)36-23(21)16-35-22-11-8-18(14-20(22)25(30)32)29-26(33)28-17-6-4-3-5-7-17/h3-8,11,14,19,21,23H,9-10,12-13,15-16H2,1-2H3,(H,27,31)(H2,28,29,33)/t19-,21+,23+/m0/s1. The molecule has 10 heteroatoms. The smallest absolute Gasteiger partial charge is 0.323 e. The molecule has 0 aliphatic carbocycles. The summed E-state index contributed by atoms with van der Waals surface area (Å²) in [6.07, 6.45) is 1.01. The van der Waals surface area contributed by atoms with Gasteiger partial charge in [0.05, 0.1) is 30.7 Å². The van der Waals surface area contributed by atoms with Crippen LogP contribution >= 0.6 is 0 Å². The third-order valence-electron chi connectivity index (χ3n) is 6.34. The van der Waals surface area contributed by atoms with Gasteiger partial charge in [-0.2, -0.15) is 0 Å². The van der Waals surface area contributed by atoms with E-state index in [0.29, 0.717) is 48.7 Å². The Morgan fingerprint density at radius 3 is 2.64 bits per heavy atom. The predicted molar refractivity (Wildman–Crippen MR) is 134 cm³/mol. The van der Waals surface area contributed by atoms with E-state index in [0.717, 1.165) is 0 Å². The fraction of sp³-hybridized carbons (Fsp3) is 0.423. The first kappa shape index (κ1) is 25.5. The number of carbonyl (C=O) groups is 3. The topological polar surface area (TPSA) is 118 Å². The Kier molecular flexibility index (Phi) is 8.40. The lowest BCUT2D eigenvalue weighted by Crippen LogP contribution is -2.54. The molecule has 2 aromatic rings. The predicted octanol–water partition coefficient (Wildman–Crippen LogP) is 2.86. The molecule has 4 rings (SSSR count). The molecule has 4 amide bonds. The number of anilines is 2. The third-order valence-corrected chi connectivity index (χ3v) is 6.34. The average molecular weight is 497 g/mol. The van der Waals surface area contributed by atoms with Crippen molar-refractivity contribution < 1.29 is 28.6 Å². The van der Waals surface area contributed by atoms with Gasteiger partial charge in [0.1, 0.15) is 18.5 Å². The van der Waals surface area contributed by atoms with Crippen LogP contribution in [-0.2, 0) is 14.3 Å². The molecule has 0 unspecified atom stereocenters. The largest absolute Gasteiger partial charge is 0.490 e. The van der Waals surface area contributed by atoms with Crippen LogP contribution in [0.15, 0.2) is 48.5 Å². The molecule has 0 aromatic heterocycles. The van der Waals surface area contributed by atoms with Crippen LogP contribution in [0.3, 0.4) is 0 Å². The van der Waals surface area contributed by atoms with E-state index in [1.54, 1.807) is 49.4 Å². The molecule has 36 heavy (non-hydrogen) atoms. The number of benzene rings is 2. The van der Waals surface area contributed by atoms with Crippen LogP contribution in [0.5, 0.6) is 5.75 Å². The number of likely N-dealkylation sites (N-methyl/N-ethyl adjacent to an activating group) is 1. The number of nitrogens with one attached hydrogen (secondary N) is 3. The molecule has 2 aliphatic rings. The Hall–Kier alpha value is -3.63. The summed E-state index contributed by atoms with van der Waals surface area (Å²) in [5.74, 6) is 0.113. The summed E-state index contributed by atoms with van der Waals surface area (Å²) in [6, 6.07) is 13.5. The number of fused-ring (bicyclic) bond motifs is 2. The minimum absolute atomic E-state index is 0.0895. The van der Waals surface area contributed by atoms with Gasteiger partial charge in [0.25, 0.3) is 5.91 Å². The molecule has 1 fully saturated rings. The van der Waals surface area contributed by atoms with Crippen molar-refractivity contribution in [2.75, 3.05) is 44.5 Å². The second-order valence-corrected chi connectivity index (χ2v) is 8.87. The summed E-state index contributed by atoms with van der Waals surface area (Å²) in [4.78, 5) is 39.6. The van der Waals surface area contributed by atoms with E-state index in [1.165, 1.54) is 0 Å². The Morgan fingerprint density at radius 1 is 1.08 bits per heavy atom. The molecule has 192 valence electrons. The molecular formula is C26H32N4O6. The van der Waals surface area contributed by atoms with Gasteiger partial charge in [-0.1, -0.05) is 18.2 Å². The molecule has 3 atom stereocenters. The Bertz CT molecular complexity index is 1080. The molecule has 0 radical (unpaired) electrons. The van der Waals surface area contributed by atoms with E-state index in [2.05, 4.69) is 16.0 Å². The summed E-state index contributed by atoms with van der Waals surface area (Å²) in [6.45, 7) is 1.16. The van der Waals surface area contributed by atoms with E-state index in [9.17, 15) is 14.4 Å². The molecule has 2 aliphatic heterocycles. The maximum absolute atomic E-state index is 13.4. The minimum atomic E-state index is -0.410. The van der Waals surface area contributed by atoms with Crippen LogP contribution < -0.4 is 20.7 Å². The number of nitrogens with zero attached hydrogens (tertiary/aromatic N) is 1. The minimum Gasteiger partial charge on any atom is -0.490 e. The van der Waals surface area contributed by atoms with Crippen molar-refractivity contribution >= 4 is 29.2 Å². The Labute approximate surface area is 210 Å². The fourth-order valence-corrected chi connectivity index (χ4v) is 4.49. The Morgan fingerprint density at radius 2 is 1.86 bits per heavy atom. The van der Waals surface area contributed by atoms with E-state index in [1.807, 2.05) is 18.2 Å². The number of rotatable bonds is 7. The molecule has 0 bridgehead atoms. The molecular weight excluding hydrogens is 464 g/mol. The zero-order chi connectivity index (χ0) is 25.5. The van der Waals surface area contributed by atoms with Crippen molar-refractivity contribution in [2.24, 2.45) is 0 Å². The van der Waals surface area contributed by atoms with Gasteiger partial charge >= 0.3 is 6.03 Å². The second-order valence-electron chi connectivity index (χ2n) is 8.87. The molecule has 3 N–H and O–H groups in total. The molecule has 10 nitrogen and oxygen atoms in total. The average Bonchev–Trinajstić information content (AvgIpc) is 2.87. The van der Waals surface area contributed by atoms with Crippen LogP contribution in [-0.4, -0.2) is 74.9 Å². The van der Waals surface area contributed by atoms with Gasteiger partial charge in [0, 0.05) is 32.1 Å². The summed E-state index contributed by atoms with van der Waals surface area (Å²) >= 11 is 0. The van der Waals surface area contributed by atoms with Gasteiger partial charge in [-0.15, -0.1) is 0 Å². The monoisotopic (exact) mass is 496 g/mol. The van der Waals surface area contributed by atoms with Crippen molar-refractivity contribution in [3.63, 3.8) is 0 Å². The maximum Gasteiger partial charge on any atom is 0.323 e. The van der Waals surface area contributed by atoms with Crippen molar-refractivity contribution in [1.82, 2.24) is 10.2 Å². The number of hydrogen-bond donors (Lipinski definition) is 3. The van der Waals surface area contributed by atoms with Crippen molar-refractivity contribution in [1.29, 1.82) is 0 Å². The van der Waals surface area contributed by atoms with Crippen LogP contribution in [0.2, 0.25) is 0 Å². The lowest BCUT2D eigenvalue weighted by atomic mass is 9.94. The highest BCUT2D eigenvalue weighted by Gasteiger charge is 2.39. The van der Waals surface area contributed by atoms with E-state index in [-0.39, 0.29) is 43.1 Å². The van der Waals surface area contributed by atoms with Crippen molar-refractivity contribution in [2.45, 2.75) is 37.5 Å². The Balaban J connectivity index is 1.40. The van der Waals surface area contributed by atoms with E-state index in [4.69, 9.17) is 14.2 Å². The van der Waals surface area contributed by atoms with Gasteiger partial charge in [-0.3, -0.25) is 9.59 Å². The molecule has 0 saturated carbocycles. The number of ether oxygens (including phenoxy) is 3. The fourth-order valence-electron chi connectivity index (χ4n) is 4.49. The first-order valence-corrected chi connectivity index (χ1v) is 12.0. The zero-order valence-electron chi connectivity index (χ0n) is 20.5. The van der Waals surface area contributed by atoms with Gasteiger partial charge in [0.15, 0.2) is 0 Å². The lowest BCUT2D eigenvalue weighted by molar-refractivity contribution is -0.134. The molecule has 2 aromatic carbocycles. The summed E-state index contributed by atoms with van der Waals surface area (Å²) in [7, 11) is 3.33. The maximum atomic E-state index is 13.4. The summed E-state index contributed by atoms with van der Waals surface area (Å²) in [5, 5.41) is 8.33. The van der Waals surface area contributed by atoms with Gasteiger partial charge < -0.3 is 35.1 Å². The molecule has 1 saturated heterocycles. The summed E-state index contributed by atoms with van der Waals surface area (Å²) in [5.41, 5.74) is 1.51. The third kappa shape index (κ3) is 6.32. The zero-order valence-corrected chi connectivity index (χ0v) is 20.5. The van der Waals surface area contributed by atoms with Crippen LogP contribution in [0, 0.1) is 0 Å². The van der Waals surface area contributed by atoms with Crippen LogP contribution in [0.1, 0.15) is 29.6 Å². The van der Waals surface area contributed by atoms with Crippen LogP contribution in [0.4, 0.5) is 16.2 Å². The molecule has 0 spiro atoms. The quantitative estimate of drug-likeness (QED) is 0.508. The van der Waals surface area contributed by atoms with Gasteiger partial charge in [-0.05, 0) is 43.2 Å². The number of urea groups is 1. The first-order chi connectivity index (χ1) is 17.4. The highest BCUT2D eigenvalue weighted by molar-refractivity contribution is 6.02. The second kappa shape index (κ2) is 11.9. The number of hydrogen-bond acceptors (Lipinski definition) is 6. The molecule has 2 heterocycles. The number of methoxy groups -OCH3 is 1. The van der Waals surface area contributed by atoms with Gasteiger partial charge in [-0.25, -0.2) is 4.79 Å². The number of para-hydroxylation sites is 1. The highest BCUT2D eigenvalue weighted by Crippen LogP contribution is 2.32. The normalized spacial score (nSPS) is 21.2. The van der Waals surface area contributed by atoms with Gasteiger partial charge in [0.2, 0.25) is 5.91 Å². The van der Waals surface area contributed by atoms with Crippen molar-refractivity contribution in [3.05, 3.63) is 54.1 Å². The van der Waals surface area contributed by atoms with E-state index >= 15 is 0 Å². The SMILES string of the molecule is COCCNC(=O)C[C@@H]1CC[C@@H]2[C@@H](COc3ccc(NC(=O)Nc4ccccc4)cc3C(=O)N2C)O1. The number of carbonyl (C=O) groups excluding carboxylic acids is 3. The lowest BCUT2D eigenvalue weighted by Gasteiger charge is -2.42. The van der Waals surface area contributed by atoms with Crippen molar-refractivity contribution in [3.8, 4) is 5.75 Å². The van der Waals surface area contributed by atoms with Crippen LogP contribution in [0.25, 0.3) is 0 Å².